The van der Waals surface area contributed by atoms with Crippen LogP contribution >= 0.6 is 0 Å². The number of benzene rings is 2. The Hall–Kier alpha value is -2.08. The fourth-order valence-electron chi connectivity index (χ4n) is 3.01. The van der Waals surface area contributed by atoms with Gasteiger partial charge >= 0.3 is 0 Å². The minimum absolute atomic E-state index is 0.0560. The van der Waals surface area contributed by atoms with Crippen LogP contribution in [0.5, 0.6) is 0 Å². The summed E-state index contributed by atoms with van der Waals surface area (Å²) >= 11 is 0. The van der Waals surface area contributed by atoms with Gasteiger partial charge in [0.1, 0.15) is 5.82 Å². The average molecular weight is 362 g/mol. The number of anilines is 2. The molecule has 1 N–H and O–H groups in total. The predicted octanol–water partition coefficient (Wildman–Crippen LogP) is 4.17. The largest absolute Gasteiger partial charge is 0.372 e. The Bertz CT molecular complexity index is 842. The maximum atomic E-state index is 13.3. The summed E-state index contributed by atoms with van der Waals surface area (Å²) in [7, 11) is -3.73. The number of halogens is 1. The summed E-state index contributed by atoms with van der Waals surface area (Å²) in [6.07, 6.45) is 2.36. The second-order valence-electron chi connectivity index (χ2n) is 6.73. The fourth-order valence-corrected chi connectivity index (χ4v) is 4.15. The third kappa shape index (κ3) is 4.12. The van der Waals surface area contributed by atoms with Crippen LogP contribution in [0, 0.1) is 18.7 Å². The maximum Gasteiger partial charge on any atom is 0.261 e. The Kier molecular flexibility index (Phi) is 4.99. The minimum atomic E-state index is -3.73. The van der Waals surface area contributed by atoms with Gasteiger partial charge in [-0.15, -0.1) is 0 Å². The van der Waals surface area contributed by atoms with Gasteiger partial charge in [0, 0.05) is 24.5 Å². The standard InChI is InChI=1S/C19H23FN2O2S/c1-14-9-11-22(12-10-14)17-5-3-16(4-6-17)21-25(23,24)18-7-8-19(20)15(2)13-18/h3-8,13-14,21H,9-12H2,1-2H3. The van der Waals surface area contributed by atoms with Crippen LogP contribution in [0.2, 0.25) is 0 Å². The first-order valence-electron chi connectivity index (χ1n) is 8.49. The van der Waals surface area contributed by atoms with E-state index in [9.17, 15) is 12.8 Å². The third-order valence-electron chi connectivity index (χ3n) is 4.71. The van der Waals surface area contributed by atoms with Crippen molar-refractivity contribution in [3.8, 4) is 0 Å². The molecule has 0 unspecified atom stereocenters. The number of nitrogens with zero attached hydrogens (tertiary/aromatic N) is 1. The molecule has 1 fully saturated rings. The fraction of sp³-hybridized carbons (Fsp3) is 0.368. The lowest BCUT2D eigenvalue weighted by molar-refractivity contribution is 0.438. The quantitative estimate of drug-likeness (QED) is 0.888. The topological polar surface area (TPSA) is 49.4 Å². The van der Waals surface area contributed by atoms with Crippen LogP contribution in [0.3, 0.4) is 0 Å². The molecule has 0 aromatic heterocycles. The van der Waals surface area contributed by atoms with E-state index < -0.39 is 15.8 Å². The van der Waals surface area contributed by atoms with Crippen molar-refractivity contribution in [2.24, 2.45) is 5.92 Å². The van der Waals surface area contributed by atoms with Crippen molar-refractivity contribution in [3.63, 3.8) is 0 Å². The van der Waals surface area contributed by atoms with Crippen molar-refractivity contribution >= 4 is 21.4 Å². The summed E-state index contributed by atoms with van der Waals surface area (Å²) in [6, 6.07) is 11.2. The minimum Gasteiger partial charge on any atom is -0.372 e. The van der Waals surface area contributed by atoms with Gasteiger partial charge in [-0.05, 0) is 73.7 Å². The Balaban J connectivity index is 1.73. The summed E-state index contributed by atoms with van der Waals surface area (Å²) in [5.74, 6) is 0.348. The molecule has 134 valence electrons. The summed E-state index contributed by atoms with van der Waals surface area (Å²) in [5.41, 5.74) is 1.90. The van der Waals surface area contributed by atoms with E-state index in [2.05, 4.69) is 16.5 Å². The first-order valence-corrected chi connectivity index (χ1v) is 9.97. The molecule has 2 aromatic rings. The number of sulfonamides is 1. The lowest BCUT2D eigenvalue weighted by atomic mass is 9.99. The van der Waals surface area contributed by atoms with Crippen molar-refractivity contribution in [2.75, 3.05) is 22.7 Å². The van der Waals surface area contributed by atoms with Crippen molar-refractivity contribution in [2.45, 2.75) is 31.6 Å². The number of nitrogens with one attached hydrogen (secondary N) is 1. The van der Waals surface area contributed by atoms with E-state index in [0.717, 1.165) is 24.7 Å². The van der Waals surface area contributed by atoms with E-state index in [1.165, 1.54) is 31.0 Å². The van der Waals surface area contributed by atoms with Crippen molar-refractivity contribution < 1.29 is 12.8 Å². The monoisotopic (exact) mass is 362 g/mol. The highest BCUT2D eigenvalue weighted by molar-refractivity contribution is 7.92. The Morgan fingerprint density at radius 2 is 1.72 bits per heavy atom. The van der Waals surface area contributed by atoms with E-state index in [1.54, 1.807) is 19.1 Å². The number of rotatable bonds is 4. The Morgan fingerprint density at radius 3 is 2.32 bits per heavy atom. The van der Waals surface area contributed by atoms with Gasteiger partial charge < -0.3 is 4.90 Å². The van der Waals surface area contributed by atoms with Crippen LogP contribution in [0.4, 0.5) is 15.8 Å². The van der Waals surface area contributed by atoms with E-state index in [4.69, 9.17) is 0 Å². The van der Waals surface area contributed by atoms with Crippen LogP contribution in [0.1, 0.15) is 25.3 Å². The smallest absolute Gasteiger partial charge is 0.261 e. The highest BCUT2D eigenvalue weighted by Crippen LogP contribution is 2.25. The molecule has 1 aliphatic heterocycles. The molecule has 0 saturated carbocycles. The molecular formula is C19H23FN2O2S. The molecule has 2 aromatic carbocycles. The van der Waals surface area contributed by atoms with Crippen molar-refractivity contribution in [1.29, 1.82) is 0 Å². The molecule has 0 radical (unpaired) electrons. The number of hydrogen-bond acceptors (Lipinski definition) is 3. The summed E-state index contributed by atoms with van der Waals surface area (Å²) in [6.45, 7) is 5.87. The highest BCUT2D eigenvalue weighted by atomic mass is 32.2. The zero-order valence-electron chi connectivity index (χ0n) is 14.5. The van der Waals surface area contributed by atoms with Crippen LogP contribution in [0.15, 0.2) is 47.4 Å². The van der Waals surface area contributed by atoms with Gasteiger partial charge in [-0.25, -0.2) is 12.8 Å². The van der Waals surface area contributed by atoms with Crippen LogP contribution < -0.4 is 9.62 Å². The normalized spacial score (nSPS) is 16.0. The molecule has 25 heavy (non-hydrogen) atoms. The molecule has 4 nitrogen and oxygen atoms in total. The zero-order chi connectivity index (χ0) is 18.0. The Labute approximate surface area is 148 Å². The first kappa shape index (κ1) is 17.7. The molecule has 3 rings (SSSR count). The Morgan fingerprint density at radius 1 is 1.08 bits per heavy atom. The highest BCUT2D eigenvalue weighted by Gasteiger charge is 2.18. The molecule has 0 amide bonds. The maximum absolute atomic E-state index is 13.3. The van der Waals surface area contributed by atoms with E-state index in [0.29, 0.717) is 11.3 Å². The van der Waals surface area contributed by atoms with Crippen LogP contribution in [-0.2, 0) is 10.0 Å². The van der Waals surface area contributed by atoms with Gasteiger partial charge in [-0.2, -0.15) is 0 Å². The molecule has 0 spiro atoms. The predicted molar refractivity (Wildman–Crippen MR) is 99.0 cm³/mol. The van der Waals surface area contributed by atoms with Gasteiger partial charge in [-0.1, -0.05) is 6.92 Å². The van der Waals surface area contributed by atoms with E-state index >= 15 is 0 Å². The number of aryl methyl sites for hydroxylation is 1. The molecule has 1 heterocycles. The first-order chi connectivity index (χ1) is 11.8. The van der Waals surface area contributed by atoms with Gasteiger partial charge in [-0.3, -0.25) is 4.72 Å². The molecular weight excluding hydrogens is 339 g/mol. The van der Waals surface area contributed by atoms with Crippen LogP contribution in [-0.4, -0.2) is 21.5 Å². The van der Waals surface area contributed by atoms with Gasteiger partial charge in [0.2, 0.25) is 0 Å². The molecule has 1 aliphatic rings. The second kappa shape index (κ2) is 7.04. The van der Waals surface area contributed by atoms with Gasteiger partial charge in [0.25, 0.3) is 10.0 Å². The molecule has 0 bridgehead atoms. The molecule has 0 atom stereocenters. The molecule has 1 saturated heterocycles. The SMILES string of the molecule is Cc1cc(S(=O)(=O)Nc2ccc(N3CCC(C)CC3)cc2)ccc1F. The van der Waals surface area contributed by atoms with Crippen LogP contribution in [0.25, 0.3) is 0 Å². The van der Waals surface area contributed by atoms with Gasteiger partial charge in [0.15, 0.2) is 0 Å². The summed E-state index contributed by atoms with van der Waals surface area (Å²) in [4.78, 5) is 2.38. The second-order valence-corrected chi connectivity index (χ2v) is 8.42. The lowest BCUT2D eigenvalue weighted by Gasteiger charge is -2.32. The van der Waals surface area contributed by atoms with Gasteiger partial charge in [0.05, 0.1) is 4.90 Å². The van der Waals surface area contributed by atoms with Crippen molar-refractivity contribution in [3.05, 3.63) is 53.8 Å². The number of piperidine rings is 1. The zero-order valence-corrected chi connectivity index (χ0v) is 15.3. The summed E-state index contributed by atoms with van der Waals surface area (Å²) < 4.78 is 40.8. The third-order valence-corrected chi connectivity index (χ3v) is 6.09. The molecule has 0 aliphatic carbocycles. The molecule has 6 heteroatoms. The average Bonchev–Trinajstić information content (AvgIpc) is 2.58. The van der Waals surface area contributed by atoms with E-state index in [-0.39, 0.29) is 4.90 Å². The van der Waals surface area contributed by atoms with Crippen molar-refractivity contribution in [1.82, 2.24) is 0 Å². The number of hydrogen-bond donors (Lipinski definition) is 1. The summed E-state index contributed by atoms with van der Waals surface area (Å²) in [5, 5.41) is 0. The lowest BCUT2D eigenvalue weighted by Crippen LogP contribution is -2.32. The van der Waals surface area contributed by atoms with E-state index in [1.807, 2.05) is 12.1 Å².